The Morgan fingerprint density at radius 2 is 1.84 bits per heavy atom. The number of nitrogens with zero attached hydrogens (tertiary/aromatic N) is 3. The number of hydrogen-bond donors (Lipinski definition) is 3. The third-order valence-corrected chi connectivity index (χ3v) is 3.75. The van der Waals surface area contributed by atoms with Crippen molar-refractivity contribution in [2.24, 2.45) is 0 Å². The van der Waals surface area contributed by atoms with Crippen molar-refractivity contribution in [3.8, 4) is 16.9 Å². The van der Waals surface area contributed by atoms with E-state index in [1.54, 1.807) is 18.2 Å². The SMILES string of the molecule is O=C(O)CNC(=O)c1c(O)cc(-c2cc(Cl)cc(Cl)c2)c2ncnn12. The highest BCUT2D eigenvalue weighted by Gasteiger charge is 2.21. The van der Waals surface area contributed by atoms with Crippen molar-refractivity contribution in [3.05, 3.63) is 46.3 Å². The van der Waals surface area contributed by atoms with Crippen LogP contribution in [0, 0.1) is 0 Å². The number of aromatic hydroxyl groups is 1. The maximum absolute atomic E-state index is 12.2. The summed E-state index contributed by atoms with van der Waals surface area (Å²) in [6.07, 6.45) is 1.21. The average molecular weight is 381 g/mol. The van der Waals surface area contributed by atoms with Gasteiger partial charge >= 0.3 is 5.97 Å². The van der Waals surface area contributed by atoms with E-state index in [0.29, 0.717) is 21.2 Å². The summed E-state index contributed by atoms with van der Waals surface area (Å²) in [4.78, 5) is 26.9. The van der Waals surface area contributed by atoms with Gasteiger partial charge in [-0.2, -0.15) is 5.10 Å². The fourth-order valence-corrected chi connectivity index (χ4v) is 2.87. The van der Waals surface area contributed by atoms with E-state index < -0.39 is 24.2 Å². The van der Waals surface area contributed by atoms with Crippen LogP contribution in [0.4, 0.5) is 0 Å². The highest BCUT2D eigenvalue weighted by atomic mass is 35.5. The van der Waals surface area contributed by atoms with E-state index >= 15 is 0 Å². The molecule has 0 fully saturated rings. The van der Waals surface area contributed by atoms with Gasteiger partial charge in [-0.3, -0.25) is 9.59 Å². The second kappa shape index (κ2) is 6.58. The molecule has 0 radical (unpaired) electrons. The molecule has 1 aromatic carbocycles. The first-order chi connectivity index (χ1) is 11.9. The lowest BCUT2D eigenvalue weighted by atomic mass is 10.1. The van der Waals surface area contributed by atoms with Gasteiger partial charge in [-0.1, -0.05) is 23.2 Å². The monoisotopic (exact) mass is 380 g/mol. The molecule has 0 aliphatic rings. The van der Waals surface area contributed by atoms with Crippen LogP contribution in [-0.2, 0) is 4.79 Å². The molecule has 3 aromatic rings. The predicted octanol–water partition coefficient (Wildman–Crippen LogP) is 2.22. The Kier molecular flexibility index (Phi) is 4.47. The first kappa shape index (κ1) is 17.0. The van der Waals surface area contributed by atoms with E-state index in [1.165, 1.54) is 12.4 Å². The van der Waals surface area contributed by atoms with Crippen LogP contribution in [0.1, 0.15) is 10.5 Å². The number of pyridine rings is 1. The molecule has 0 saturated heterocycles. The maximum Gasteiger partial charge on any atom is 0.322 e. The molecular formula is C15H10Cl2N4O4. The standard InChI is InChI=1S/C15H10Cl2N4O4/c16-8-1-7(2-9(17)3-8)10-4-11(22)13(15(25)18-5-12(23)24)21-14(10)19-6-20-21/h1-4,6,22H,5H2,(H,18,25)(H,23,24). The highest BCUT2D eigenvalue weighted by molar-refractivity contribution is 6.35. The molecule has 1 amide bonds. The number of carbonyl (C=O) groups excluding carboxylic acids is 1. The van der Waals surface area contributed by atoms with Gasteiger partial charge in [0.25, 0.3) is 5.91 Å². The van der Waals surface area contributed by atoms with Gasteiger partial charge < -0.3 is 15.5 Å². The molecule has 0 unspecified atom stereocenters. The molecule has 2 aromatic heterocycles. The Morgan fingerprint density at radius 1 is 1.16 bits per heavy atom. The van der Waals surface area contributed by atoms with Gasteiger partial charge in [-0.25, -0.2) is 9.50 Å². The minimum Gasteiger partial charge on any atom is -0.505 e. The van der Waals surface area contributed by atoms with Crippen molar-refractivity contribution in [2.45, 2.75) is 0 Å². The topological polar surface area (TPSA) is 117 Å². The number of aliphatic carboxylic acids is 1. The summed E-state index contributed by atoms with van der Waals surface area (Å²) in [5.41, 5.74) is 1.07. The molecule has 0 aliphatic heterocycles. The Morgan fingerprint density at radius 3 is 2.48 bits per heavy atom. The number of hydrogen-bond acceptors (Lipinski definition) is 5. The maximum atomic E-state index is 12.2. The molecule has 0 atom stereocenters. The van der Waals surface area contributed by atoms with Crippen molar-refractivity contribution in [1.82, 2.24) is 19.9 Å². The van der Waals surface area contributed by atoms with Gasteiger partial charge in [0.15, 0.2) is 11.3 Å². The quantitative estimate of drug-likeness (QED) is 0.638. The molecular weight excluding hydrogens is 371 g/mol. The minimum atomic E-state index is -1.21. The third-order valence-electron chi connectivity index (χ3n) is 3.31. The summed E-state index contributed by atoms with van der Waals surface area (Å²) in [6, 6.07) is 6.13. The fraction of sp³-hybridized carbons (Fsp3) is 0.0667. The Hall–Kier alpha value is -2.84. The number of carbonyl (C=O) groups is 2. The zero-order valence-electron chi connectivity index (χ0n) is 12.4. The van der Waals surface area contributed by atoms with Gasteiger partial charge in [0, 0.05) is 15.6 Å². The number of amides is 1. The van der Waals surface area contributed by atoms with Gasteiger partial charge in [0.1, 0.15) is 18.6 Å². The lowest BCUT2D eigenvalue weighted by molar-refractivity contribution is -0.135. The predicted molar refractivity (Wildman–Crippen MR) is 90.1 cm³/mol. The molecule has 128 valence electrons. The third kappa shape index (κ3) is 3.35. The summed E-state index contributed by atoms with van der Waals surface area (Å²) in [7, 11) is 0. The van der Waals surface area contributed by atoms with Crippen LogP contribution in [0.25, 0.3) is 16.8 Å². The smallest absolute Gasteiger partial charge is 0.322 e. The highest BCUT2D eigenvalue weighted by Crippen LogP contribution is 2.33. The van der Waals surface area contributed by atoms with Crippen molar-refractivity contribution >= 4 is 40.7 Å². The Balaban J connectivity index is 2.15. The summed E-state index contributed by atoms with van der Waals surface area (Å²) in [6.45, 7) is -0.597. The van der Waals surface area contributed by atoms with Gasteiger partial charge in [-0.15, -0.1) is 0 Å². The average Bonchev–Trinajstić information content (AvgIpc) is 2.99. The number of benzene rings is 1. The Bertz CT molecular complexity index is 982. The van der Waals surface area contributed by atoms with Crippen LogP contribution in [0.3, 0.4) is 0 Å². The van der Waals surface area contributed by atoms with Crippen molar-refractivity contribution in [2.75, 3.05) is 6.54 Å². The molecule has 3 rings (SSSR count). The fourth-order valence-electron chi connectivity index (χ4n) is 2.34. The van der Waals surface area contributed by atoms with Crippen LogP contribution in [0.2, 0.25) is 10.0 Å². The first-order valence-electron chi connectivity index (χ1n) is 6.89. The summed E-state index contributed by atoms with van der Waals surface area (Å²) in [5.74, 6) is -2.41. The number of aromatic nitrogens is 3. The van der Waals surface area contributed by atoms with Gasteiger partial charge in [0.2, 0.25) is 0 Å². The number of carboxylic acids is 1. The Labute approximate surface area is 150 Å². The van der Waals surface area contributed by atoms with Gasteiger partial charge in [-0.05, 0) is 29.8 Å². The van der Waals surface area contributed by atoms with Crippen LogP contribution >= 0.6 is 23.2 Å². The largest absolute Gasteiger partial charge is 0.505 e. The second-order valence-corrected chi connectivity index (χ2v) is 5.89. The normalized spacial score (nSPS) is 10.8. The molecule has 0 saturated carbocycles. The number of halogens is 2. The second-order valence-electron chi connectivity index (χ2n) is 5.02. The zero-order chi connectivity index (χ0) is 18.1. The molecule has 0 aliphatic carbocycles. The van der Waals surface area contributed by atoms with E-state index in [4.69, 9.17) is 28.3 Å². The number of fused-ring (bicyclic) bond motifs is 1. The van der Waals surface area contributed by atoms with E-state index in [9.17, 15) is 14.7 Å². The molecule has 0 spiro atoms. The number of carboxylic acid groups (broad SMARTS) is 1. The summed E-state index contributed by atoms with van der Waals surface area (Å²) < 4.78 is 1.12. The van der Waals surface area contributed by atoms with E-state index in [2.05, 4.69) is 15.4 Å². The van der Waals surface area contributed by atoms with Crippen LogP contribution in [0.5, 0.6) is 5.75 Å². The van der Waals surface area contributed by atoms with Crippen LogP contribution in [0.15, 0.2) is 30.6 Å². The minimum absolute atomic E-state index is 0.231. The molecule has 2 heterocycles. The van der Waals surface area contributed by atoms with E-state index in [-0.39, 0.29) is 11.3 Å². The van der Waals surface area contributed by atoms with Gasteiger partial charge in [0.05, 0.1) is 0 Å². The summed E-state index contributed by atoms with van der Waals surface area (Å²) in [5, 5.41) is 25.8. The summed E-state index contributed by atoms with van der Waals surface area (Å²) >= 11 is 12.0. The van der Waals surface area contributed by atoms with E-state index in [0.717, 1.165) is 4.52 Å². The van der Waals surface area contributed by atoms with Crippen LogP contribution in [-0.4, -0.2) is 43.2 Å². The lowest BCUT2D eigenvalue weighted by Gasteiger charge is -2.11. The molecule has 8 nitrogen and oxygen atoms in total. The van der Waals surface area contributed by atoms with Crippen molar-refractivity contribution in [3.63, 3.8) is 0 Å². The van der Waals surface area contributed by atoms with Crippen LogP contribution < -0.4 is 5.32 Å². The van der Waals surface area contributed by atoms with Crippen molar-refractivity contribution in [1.29, 1.82) is 0 Å². The van der Waals surface area contributed by atoms with E-state index in [1.807, 2.05) is 0 Å². The zero-order valence-corrected chi connectivity index (χ0v) is 13.9. The molecule has 10 heteroatoms. The molecule has 0 bridgehead atoms. The molecule has 3 N–H and O–H groups in total. The number of rotatable bonds is 4. The molecule has 25 heavy (non-hydrogen) atoms. The lowest BCUT2D eigenvalue weighted by Crippen LogP contribution is -2.30. The number of nitrogens with one attached hydrogen (secondary N) is 1. The van der Waals surface area contributed by atoms with Crippen molar-refractivity contribution < 1.29 is 19.8 Å². The first-order valence-corrected chi connectivity index (χ1v) is 7.64.